The van der Waals surface area contributed by atoms with Gasteiger partial charge in [0.2, 0.25) is 0 Å². The number of hydroxylamine groups is 1. The summed E-state index contributed by atoms with van der Waals surface area (Å²) < 4.78 is 20.3. The van der Waals surface area contributed by atoms with Gasteiger partial charge in [0.05, 0.1) is 12.6 Å². The van der Waals surface area contributed by atoms with Crippen molar-refractivity contribution in [3.05, 3.63) is 22.2 Å². The Morgan fingerprint density at radius 2 is 2.37 bits per heavy atom. The van der Waals surface area contributed by atoms with E-state index in [9.17, 15) is 9.18 Å². The first-order chi connectivity index (χ1) is 8.99. The largest absolute Gasteiger partial charge is 0.394 e. The second-order valence-corrected chi connectivity index (χ2v) is 4.35. The lowest BCUT2D eigenvalue weighted by Gasteiger charge is -2.17. The van der Waals surface area contributed by atoms with Crippen LogP contribution in [0.15, 0.2) is 11.0 Å². The highest BCUT2D eigenvalue weighted by Gasteiger charge is 2.46. The number of aliphatic hydroxyl groups is 1. The van der Waals surface area contributed by atoms with Gasteiger partial charge >= 0.3 is 5.69 Å². The van der Waals surface area contributed by atoms with Crippen LogP contribution < -0.4 is 16.9 Å². The van der Waals surface area contributed by atoms with Gasteiger partial charge in [0.25, 0.3) is 0 Å². The summed E-state index contributed by atoms with van der Waals surface area (Å²) in [4.78, 5) is 15.2. The van der Waals surface area contributed by atoms with E-state index < -0.39 is 36.8 Å². The highest BCUT2D eigenvalue weighted by Crippen LogP contribution is 2.30. The number of nitrogen functional groups attached to an aromatic ring is 1. The zero-order valence-corrected chi connectivity index (χ0v) is 10.2. The van der Waals surface area contributed by atoms with Gasteiger partial charge in [0.15, 0.2) is 12.4 Å². The lowest BCUT2D eigenvalue weighted by Crippen LogP contribution is -2.42. The van der Waals surface area contributed by atoms with Crippen LogP contribution in [0.5, 0.6) is 0 Å². The first kappa shape index (κ1) is 13.9. The fraction of sp³-hybridized carbons (Fsp3) is 0.600. The molecule has 8 nitrogen and oxygen atoms in total. The van der Waals surface area contributed by atoms with E-state index in [0.29, 0.717) is 5.56 Å². The third-order valence-corrected chi connectivity index (χ3v) is 3.11. The highest BCUT2D eigenvalue weighted by molar-refractivity contribution is 5.35. The van der Waals surface area contributed by atoms with E-state index in [1.165, 1.54) is 6.20 Å². The molecule has 2 rings (SSSR count). The van der Waals surface area contributed by atoms with Gasteiger partial charge in [0.1, 0.15) is 11.9 Å². The summed E-state index contributed by atoms with van der Waals surface area (Å²) in [5.74, 6) is 0.0604. The zero-order valence-electron chi connectivity index (χ0n) is 10.2. The summed E-state index contributed by atoms with van der Waals surface area (Å²) in [6.07, 6.45) is -2.63. The molecular weight excluding hydrogens is 259 g/mol. The van der Waals surface area contributed by atoms with Gasteiger partial charge in [-0.3, -0.25) is 4.57 Å². The standard InChI is InChI=1S/C10H15FN4O4/c1-4-2-15(10(17)13-8(4)12)9-6(11)7(14-18)5(3-16)19-9/h2,5-7,9,14,16,18H,3H2,1H3,(H2,12,13,17)/t5-,6?,7?,9?/m1/s1. The third kappa shape index (κ3) is 2.32. The first-order valence-electron chi connectivity index (χ1n) is 5.65. The Kier molecular flexibility index (Phi) is 3.80. The molecule has 1 saturated heterocycles. The van der Waals surface area contributed by atoms with Crippen molar-refractivity contribution in [2.45, 2.75) is 31.5 Å². The van der Waals surface area contributed by atoms with Crippen LogP contribution in [0.25, 0.3) is 0 Å². The van der Waals surface area contributed by atoms with Gasteiger partial charge in [-0.05, 0) is 6.92 Å². The lowest BCUT2D eigenvalue weighted by molar-refractivity contribution is -0.0446. The molecule has 1 aliphatic rings. The lowest BCUT2D eigenvalue weighted by atomic mass is 10.1. The summed E-state index contributed by atoms with van der Waals surface area (Å²) in [6.45, 7) is 1.12. The van der Waals surface area contributed by atoms with E-state index >= 15 is 0 Å². The topological polar surface area (TPSA) is 123 Å². The number of nitrogens with zero attached hydrogens (tertiary/aromatic N) is 2. The molecule has 0 aromatic carbocycles. The average molecular weight is 274 g/mol. The monoisotopic (exact) mass is 274 g/mol. The maximum Gasteiger partial charge on any atom is 0.351 e. The summed E-state index contributed by atoms with van der Waals surface area (Å²) in [6, 6.07) is -1.13. The van der Waals surface area contributed by atoms with Crippen molar-refractivity contribution in [2.24, 2.45) is 0 Å². The van der Waals surface area contributed by atoms with Crippen LogP contribution >= 0.6 is 0 Å². The quantitative estimate of drug-likeness (QED) is 0.506. The van der Waals surface area contributed by atoms with Crippen LogP contribution in [0.3, 0.4) is 0 Å². The second kappa shape index (κ2) is 5.21. The van der Waals surface area contributed by atoms with Crippen LogP contribution in [0, 0.1) is 6.92 Å². The van der Waals surface area contributed by atoms with Crippen molar-refractivity contribution >= 4 is 5.82 Å². The van der Waals surface area contributed by atoms with Crippen molar-refractivity contribution in [2.75, 3.05) is 12.3 Å². The molecule has 3 unspecified atom stereocenters. The van der Waals surface area contributed by atoms with E-state index in [1.54, 1.807) is 12.4 Å². The van der Waals surface area contributed by atoms with Gasteiger partial charge in [-0.1, -0.05) is 0 Å². The number of nitrogens with two attached hydrogens (primary N) is 1. The number of aliphatic hydroxyl groups excluding tert-OH is 1. The SMILES string of the molecule is Cc1cn(C2O[C@H](CO)C(NO)C2F)c(=O)nc1N. The van der Waals surface area contributed by atoms with Gasteiger partial charge in [-0.2, -0.15) is 10.5 Å². The molecule has 1 aromatic heterocycles. The number of nitrogens with one attached hydrogen (secondary N) is 1. The molecule has 4 atom stereocenters. The fourth-order valence-corrected chi connectivity index (χ4v) is 2.01. The molecule has 0 amide bonds. The van der Waals surface area contributed by atoms with E-state index in [-0.39, 0.29) is 5.82 Å². The van der Waals surface area contributed by atoms with Crippen molar-refractivity contribution in [3.8, 4) is 0 Å². The average Bonchev–Trinajstić information content (AvgIpc) is 2.70. The van der Waals surface area contributed by atoms with Crippen LogP contribution in [-0.2, 0) is 4.74 Å². The van der Waals surface area contributed by atoms with Crippen LogP contribution in [0.2, 0.25) is 0 Å². The Morgan fingerprint density at radius 1 is 1.68 bits per heavy atom. The fourth-order valence-electron chi connectivity index (χ4n) is 2.01. The number of aryl methyl sites for hydroxylation is 1. The minimum atomic E-state index is -1.72. The molecule has 19 heavy (non-hydrogen) atoms. The van der Waals surface area contributed by atoms with Gasteiger partial charge in [-0.15, -0.1) is 0 Å². The van der Waals surface area contributed by atoms with E-state index in [2.05, 4.69) is 4.98 Å². The Balaban J connectivity index is 2.38. The molecule has 1 fully saturated rings. The maximum absolute atomic E-state index is 14.1. The predicted molar refractivity (Wildman–Crippen MR) is 62.2 cm³/mol. The summed E-state index contributed by atoms with van der Waals surface area (Å²) in [7, 11) is 0. The smallest absolute Gasteiger partial charge is 0.351 e. The second-order valence-electron chi connectivity index (χ2n) is 4.35. The van der Waals surface area contributed by atoms with Crippen LogP contribution in [-0.4, -0.2) is 44.8 Å². The van der Waals surface area contributed by atoms with Crippen LogP contribution in [0.1, 0.15) is 11.8 Å². The Bertz CT molecular complexity index is 523. The molecule has 1 aromatic rings. The first-order valence-corrected chi connectivity index (χ1v) is 5.65. The molecule has 0 bridgehead atoms. The third-order valence-electron chi connectivity index (χ3n) is 3.11. The molecule has 5 N–H and O–H groups in total. The van der Waals surface area contributed by atoms with Crippen LogP contribution in [0.4, 0.5) is 10.2 Å². The maximum atomic E-state index is 14.1. The van der Waals surface area contributed by atoms with Gasteiger partial charge in [0, 0.05) is 11.8 Å². The van der Waals surface area contributed by atoms with E-state index in [1.807, 2.05) is 0 Å². The van der Waals surface area contributed by atoms with Crippen molar-refractivity contribution in [3.63, 3.8) is 0 Å². The van der Waals surface area contributed by atoms with Crippen molar-refractivity contribution < 1.29 is 19.4 Å². The molecule has 0 saturated carbocycles. The number of anilines is 1. The van der Waals surface area contributed by atoms with E-state index in [4.69, 9.17) is 20.8 Å². The molecule has 106 valence electrons. The Hall–Kier alpha value is -1.55. The number of ether oxygens (including phenoxy) is 1. The predicted octanol–water partition coefficient (Wildman–Crippen LogP) is -1.29. The Morgan fingerprint density at radius 3 is 2.89 bits per heavy atom. The van der Waals surface area contributed by atoms with Gasteiger partial charge < -0.3 is 20.8 Å². The number of rotatable bonds is 3. The number of halogens is 1. The molecule has 2 heterocycles. The molecule has 9 heteroatoms. The summed E-state index contributed by atoms with van der Waals surface area (Å²) >= 11 is 0. The molecule has 1 aliphatic heterocycles. The number of aromatic nitrogens is 2. The van der Waals surface area contributed by atoms with Gasteiger partial charge in [-0.25, -0.2) is 9.18 Å². The normalized spacial score (nSPS) is 30.7. The minimum Gasteiger partial charge on any atom is -0.394 e. The zero-order chi connectivity index (χ0) is 14.2. The number of hydrogen-bond donors (Lipinski definition) is 4. The molecule has 0 radical (unpaired) electrons. The molecular formula is C10H15FN4O4. The molecule has 0 spiro atoms. The highest BCUT2D eigenvalue weighted by atomic mass is 19.1. The summed E-state index contributed by atoms with van der Waals surface area (Å²) in [5.41, 5.74) is 6.96. The number of hydrogen-bond acceptors (Lipinski definition) is 7. The Labute approximate surface area is 107 Å². The summed E-state index contributed by atoms with van der Waals surface area (Å²) in [5, 5.41) is 17.9. The van der Waals surface area contributed by atoms with Crippen molar-refractivity contribution in [1.29, 1.82) is 0 Å². The molecule has 0 aliphatic carbocycles. The van der Waals surface area contributed by atoms with Crippen molar-refractivity contribution in [1.82, 2.24) is 15.0 Å². The minimum absolute atomic E-state index is 0.0604. The van der Waals surface area contributed by atoms with E-state index in [0.717, 1.165) is 4.57 Å². The number of alkyl halides is 1.